The highest BCUT2D eigenvalue weighted by molar-refractivity contribution is 6.09. The summed E-state index contributed by atoms with van der Waals surface area (Å²) in [7, 11) is 3.70. The van der Waals surface area contributed by atoms with Crippen molar-refractivity contribution in [2.75, 3.05) is 103 Å². The van der Waals surface area contributed by atoms with Gasteiger partial charge in [-0.15, -0.1) is 0 Å². The number of carbonyl (C=O) groups is 5. The molecule has 1 aromatic carbocycles. The van der Waals surface area contributed by atoms with Crippen molar-refractivity contribution in [3.63, 3.8) is 0 Å². The van der Waals surface area contributed by atoms with Gasteiger partial charge in [-0.25, -0.2) is 9.97 Å². The molecule has 0 radical (unpaired) electrons. The molecule has 2 aliphatic rings. The van der Waals surface area contributed by atoms with Gasteiger partial charge in [0.1, 0.15) is 11.6 Å². The number of anilines is 2. The number of halogens is 1. The number of benzene rings is 1. The molecule has 3 heterocycles. The van der Waals surface area contributed by atoms with Crippen molar-refractivity contribution in [1.29, 1.82) is 0 Å². The molecule has 4 amide bonds. The van der Waals surface area contributed by atoms with Crippen molar-refractivity contribution < 1.29 is 55.4 Å². The summed E-state index contributed by atoms with van der Waals surface area (Å²) < 4.78 is 12.5. The number of rotatable bonds is 46. The topological polar surface area (TPSA) is 244 Å². The number of aromatic nitrogens is 2. The zero-order valence-corrected chi connectivity index (χ0v) is 54.6. The summed E-state index contributed by atoms with van der Waals surface area (Å²) in [4.78, 5) is 77.4. The third-order valence-corrected chi connectivity index (χ3v) is 17.5. The van der Waals surface area contributed by atoms with E-state index in [9.17, 15) is 24.3 Å². The average Bonchev–Trinajstić information content (AvgIpc) is 3.26. The van der Waals surface area contributed by atoms with Crippen LogP contribution in [0.15, 0.2) is 54.7 Å². The Morgan fingerprint density at radius 1 is 0.724 bits per heavy atom. The maximum atomic E-state index is 15.0. The van der Waals surface area contributed by atoms with E-state index in [2.05, 4.69) is 39.7 Å². The Bertz CT molecular complexity index is 2470. The van der Waals surface area contributed by atoms with Crippen LogP contribution in [-0.2, 0) is 19.2 Å². The number of quaternary nitrogens is 1. The summed E-state index contributed by atoms with van der Waals surface area (Å²) in [5.41, 5.74) is 14.3. The zero-order valence-electron chi connectivity index (χ0n) is 53.9. The van der Waals surface area contributed by atoms with Crippen molar-refractivity contribution in [2.24, 2.45) is 28.7 Å². The van der Waals surface area contributed by atoms with E-state index >= 15 is 4.79 Å². The molecule has 0 bridgehead atoms. The molecule has 8 N–H and O–H groups in total. The standard InChI is InChI=1S/C68H110N10O8.ClH/c1-53-24-23-25-61(75-53)77(67(84)58-30-29-57(85-5)49-60(58)76-43-32-54(33-44-76)51-86-65-48-56(31-39-74-65)59(50-66(82)83)55-27-28-55)52-68(2,3)36-22-20-18-16-14-12-10-8-6-7-9-11-13-15-17-19-21-26-62(79)73-42-47-78(4,45-34-63(80)71-40-37-69)46-35-64(81)72-41-38-70;/h23-25,29-31,39,48-49,54-55,59H,6-22,26-28,32-38,40-47,50-52,69-70H2,1-5H3,(H3-,71,72,73,79,80,81,82,83);1H. The number of nitrogens with zero attached hydrogens (tertiary/aromatic N) is 5. The molecule has 3 aromatic rings. The highest BCUT2D eigenvalue weighted by Crippen LogP contribution is 2.45. The molecular weight excluding hydrogens is 1120 g/mol. The molecule has 87 heavy (non-hydrogen) atoms. The molecular formula is C68H111ClN10O8. The SMILES string of the molecule is COc1ccc(C(=O)N(CC(C)(C)CCCCCCCCCCCCCCCCCCCC(=O)NCC[N+](C)(CCC(=O)NCCN)CCC(=O)NCCN)c2cccc(C)n2)c(N2CCC(COc3cc(C(CC(=O)O)C4CC4)ccn3)CC2)c1.[Cl-]. The second-order valence-corrected chi connectivity index (χ2v) is 25.7. The molecule has 19 heteroatoms. The summed E-state index contributed by atoms with van der Waals surface area (Å²) in [6, 6.07) is 15.6. The molecule has 1 atom stereocenters. The molecule has 1 saturated carbocycles. The molecule has 5 rings (SSSR count). The van der Waals surface area contributed by atoms with Gasteiger partial charge >= 0.3 is 5.97 Å². The number of unbranched alkanes of at least 4 members (excludes halogenated alkanes) is 16. The van der Waals surface area contributed by atoms with Crippen LogP contribution in [0.1, 0.15) is 208 Å². The first-order chi connectivity index (χ1) is 41.5. The minimum Gasteiger partial charge on any atom is -1.00 e. The van der Waals surface area contributed by atoms with Gasteiger partial charge in [-0.05, 0) is 105 Å². The molecule has 0 spiro atoms. The number of likely N-dealkylation sites (N-methyl/N-ethyl adjacent to an activating group) is 1. The first-order valence-corrected chi connectivity index (χ1v) is 33.0. The Morgan fingerprint density at radius 2 is 1.28 bits per heavy atom. The number of ether oxygens (including phenoxy) is 2. The van der Waals surface area contributed by atoms with Gasteiger partial charge in [0.05, 0.1) is 77.5 Å². The lowest BCUT2D eigenvalue weighted by molar-refractivity contribution is -0.907. The van der Waals surface area contributed by atoms with Crippen LogP contribution in [0.3, 0.4) is 0 Å². The number of hydrogen-bond donors (Lipinski definition) is 6. The summed E-state index contributed by atoms with van der Waals surface area (Å²) in [6.07, 6.45) is 28.8. The fraction of sp³-hybridized carbons (Fsp3) is 0.691. The van der Waals surface area contributed by atoms with Gasteiger partial charge in [-0.2, -0.15) is 0 Å². The van der Waals surface area contributed by atoms with Crippen molar-refractivity contribution in [1.82, 2.24) is 25.9 Å². The van der Waals surface area contributed by atoms with Gasteiger partial charge in [0.2, 0.25) is 23.6 Å². The minimum absolute atomic E-state index is 0. The van der Waals surface area contributed by atoms with E-state index in [1.54, 1.807) is 13.3 Å². The number of hydrogen-bond acceptors (Lipinski definition) is 12. The lowest BCUT2D eigenvalue weighted by Gasteiger charge is -2.36. The highest BCUT2D eigenvalue weighted by atomic mass is 35.5. The van der Waals surface area contributed by atoms with Crippen LogP contribution in [0.2, 0.25) is 0 Å². The molecule has 1 aliphatic heterocycles. The van der Waals surface area contributed by atoms with E-state index < -0.39 is 5.97 Å². The van der Waals surface area contributed by atoms with Gasteiger partial charge in [-0.1, -0.05) is 123 Å². The van der Waals surface area contributed by atoms with Crippen LogP contribution < -0.4 is 59.1 Å². The highest BCUT2D eigenvalue weighted by Gasteiger charge is 2.35. The van der Waals surface area contributed by atoms with Crippen LogP contribution in [0.5, 0.6) is 11.6 Å². The Labute approximate surface area is 528 Å². The minimum atomic E-state index is -0.776. The van der Waals surface area contributed by atoms with E-state index in [0.29, 0.717) is 124 Å². The van der Waals surface area contributed by atoms with Crippen molar-refractivity contribution >= 4 is 41.1 Å². The van der Waals surface area contributed by atoms with Crippen LogP contribution in [0, 0.1) is 24.2 Å². The number of pyridine rings is 2. The molecule has 1 unspecified atom stereocenters. The number of carboxylic acid groups (broad SMARTS) is 1. The lowest BCUT2D eigenvalue weighted by Crippen LogP contribution is -3.00. The predicted molar refractivity (Wildman–Crippen MR) is 345 cm³/mol. The monoisotopic (exact) mass is 1230 g/mol. The van der Waals surface area contributed by atoms with Gasteiger partial charge in [0.25, 0.3) is 5.91 Å². The number of aliphatic carboxylic acids is 1. The maximum Gasteiger partial charge on any atom is 0.303 e. The van der Waals surface area contributed by atoms with Gasteiger partial charge in [0.15, 0.2) is 0 Å². The number of nitrogens with two attached hydrogens (primary N) is 2. The van der Waals surface area contributed by atoms with E-state index in [4.69, 9.17) is 25.9 Å². The van der Waals surface area contributed by atoms with Crippen molar-refractivity contribution in [2.45, 2.75) is 194 Å². The van der Waals surface area contributed by atoms with E-state index in [0.717, 1.165) is 87.8 Å². The largest absolute Gasteiger partial charge is 1.00 e. The second-order valence-electron chi connectivity index (χ2n) is 25.7. The third-order valence-electron chi connectivity index (χ3n) is 17.5. The first kappa shape index (κ1) is 73.9. The van der Waals surface area contributed by atoms with Gasteiger partial charge in [0, 0.05) is 76.3 Å². The van der Waals surface area contributed by atoms with Gasteiger partial charge in [-0.3, -0.25) is 28.9 Å². The molecule has 488 valence electrons. The molecule has 2 fully saturated rings. The third kappa shape index (κ3) is 29.1. The van der Waals surface area contributed by atoms with Crippen LogP contribution in [-0.4, -0.2) is 142 Å². The number of carboxylic acids is 1. The first-order valence-electron chi connectivity index (χ1n) is 33.0. The number of nitrogens with one attached hydrogen (secondary N) is 3. The summed E-state index contributed by atoms with van der Waals surface area (Å²) in [5.74, 6) is 1.75. The van der Waals surface area contributed by atoms with E-state index in [1.165, 1.54) is 83.5 Å². The molecule has 1 saturated heterocycles. The summed E-state index contributed by atoms with van der Waals surface area (Å²) in [5, 5.41) is 18.2. The van der Waals surface area contributed by atoms with E-state index in [1.807, 2.05) is 67.4 Å². The molecule has 2 aromatic heterocycles. The maximum absolute atomic E-state index is 15.0. The Morgan fingerprint density at radius 3 is 1.82 bits per heavy atom. The average molecular weight is 1230 g/mol. The predicted octanol–water partition coefficient (Wildman–Crippen LogP) is 7.64. The lowest BCUT2D eigenvalue weighted by atomic mass is 9.85. The molecule has 1 aliphatic carbocycles. The Hall–Kier alpha value is -5.56. The van der Waals surface area contributed by atoms with Crippen molar-refractivity contribution in [3.8, 4) is 11.6 Å². The second kappa shape index (κ2) is 40.9. The normalized spacial score (nSPS) is 14.0. The van der Waals surface area contributed by atoms with E-state index in [-0.39, 0.29) is 53.8 Å². The number of piperidine rings is 1. The zero-order chi connectivity index (χ0) is 62.0. The fourth-order valence-electron chi connectivity index (χ4n) is 12.0. The summed E-state index contributed by atoms with van der Waals surface area (Å²) >= 11 is 0. The van der Waals surface area contributed by atoms with Crippen LogP contribution >= 0.6 is 0 Å². The Balaban J connectivity index is 0.0000162. The van der Waals surface area contributed by atoms with Gasteiger partial charge < -0.3 is 63.8 Å². The van der Waals surface area contributed by atoms with Crippen molar-refractivity contribution in [3.05, 3.63) is 71.5 Å². The summed E-state index contributed by atoms with van der Waals surface area (Å²) in [6.45, 7) is 13.1. The number of methoxy groups -OCH3 is 1. The number of amides is 4. The number of aryl methyl sites for hydroxylation is 1. The quantitative estimate of drug-likeness (QED) is 0.0236. The van der Waals surface area contributed by atoms with Crippen LogP contribution in [0.25, 0.3) is 0 Å². The number of carbonyl (C=O) groups excluding carboxylic acids is 4. The smallest absolute Gasteiger partial charge is 0.303 e. The van der Waals surface area contributed by atoms with Crippen LogP contribution in [0.4, 0.5) is 11.5 Å². The Kier molecular flexibility index (Phi) is 34.7. The fourth-order valence-corrected chi connectivity index (χ4v) is 12.0. The molecule has 18 nitrogen and oxygen atoms in total.